The lowest BCUT2D eigenvalue weighted by atomic mass is 9.65. The maximum absolute atomic E-state index is 12.4. The number of phenols is 1. The van der Waals surface area contributed by atoms with Crippen LogP contribution in [0, 0.1) is 0 Å². The molecular weight excluding hydrogens is 402 g/mol. The second kappa shape index (κ2) is 9.27. The summed E-state index contributed by atoms with van der Waals surface area (Å²) in [6.07, 6.45) is 4.88. The second-order valence-corrected chi connectivity index (χ2v) is 8.34. The third kappa shape index (κ3) is 4.52. The molecule has 3 aromatic rings. The molecule has 1 aliphatic carbocycles. The fraction of sp³-hybridized carbons (Fsp3) is 0.259. The van der Waals surface area contributed by atoms with E-state index in [1.807, 2.05) is 36.4 Å². The van der Waals surface area contributed by atoms with Gasteiger partial charge in [0.05, 0.1) is 5.56 Å². The summed E-state index contributed by atoms with van der Waals surface area (Å²) in [6.45, 7) is 1.44. The zero-order valence-corrected chi connectivity index (χ0v) is 18.1. The van der Waals surface area contributed by atoms with Crippen molar-refractivity contribution in [1.82, 2.24) is 0 Å². The molecule has 0 saturated heterocycles. The van der Waals surface area contributed by atoms with Crippen LogP contribution in [0.25, 0.3) is 0 Å². The molecule has 32 heavy (non-hydrogen) atoms. The van der Waals surface area contributed by atoms with Gasteiger partial charge in [-0.05, 0) is 67.3 Å². The van der Waals surface area contributed by atoms with E-state index in [1.165, 1.54) is 18.9 Å². The molecule has 1 saturated carbocycles. The molecule has 2 N–H and O–H groups in total. The van der Waals surface area contributed by atoms with Crippen LogP contribution in [-0.4, -0.2) is 17.0 Å². The predicted molar refractivity (Wildman–Crippen MR) is 125 cm³/mol. The van der Waals surface area contributed by atoms with Crippen LogP contribution in [0.15, 0.2) is 72.8 Å². The summed E-state index contributed by atoms with van der Waals surface area (Å²) in [7, 11) is 0. The Morgan fingerprint density at radius 1 is 0.875 bits per heavy atom. The fourth-order valence-electron chi connectivity index (χ4n) is 4.67. The van der Waals surface area contributed by atoms with Gasteiger partial charge in [0.15, 0.2) is 5.78 Å². The molecule has 0 aromatic heterocycles. The van der Waals surface area contributed by atoms with Crippen LogP contribution in [0.3, 0.4) is 0 Å². The number of nitrogens with one attached hydrogen (secondary N) is 1. The minimum absolute atomic E-state index is 0.142. The Balaban J connectivity index is 1.53. The summed E-state index contributed by atoms with van der Waals surface area (Å²) >= 11 is 0. The first-order valence-electron chi connectivity index (χ1n) is 11.0. The van der Waals surface area contributed by atoms with E-state index in [9.17, 15) is 14.7 Å². The van der Waals surface area contributed by atoms with Crippen LogP contribution in [0.5, 0.6) is 11.5 Å². The number of phenolic OH excluding ortho intramolecular Hbond substituents is 1. The SMILES string of the molecule is CC(=O)c1ccccc1OC(=O)Nc1ccc(C2(c3cccc(O)c3)CCCCC2)cc1. The average Bonchev–Trinajstić information content (AvgIpc) is 2.80. The van der Waals surface area contributed by atoms with Crippen molar-refractivity contribution in [3.8, 4) is 11.5 Å². The Kier molecular flexibility index (Phi) is 6.26. The molecule has 1 fully saturated rings. The highest BCUT2D eigenvalue weighted by molar-refractivity contribution is 5.98. The van der Waals surface area contributed by atoms with Crippen LogP contribution in [0.2, 0.25) is 0 Å². The van der Waals surface area contributed by atoms with E-state index in [4.69, 9.17) is 4.74 Å². The van der Waals surface area contributed by atoms with E-state index in [0.29, 0.717) is 11.3 Å². The smallest absolute Gasteiger partial charge is 0.417 e. The molecule has 5 nitrogen and oxygen atoms in total. The molecule has 4 rings (SSSR count). The van der Waals surface area contributed by atoms with Gasteiger partial charge < -0.3 is 9.84 Å². The van der Waals surface area contributed by atoms with Gasteiger partial charge in [-0.25, -0.2) is 4.79 Å². The molecule has 0 heterocycles. The maximum atomic E-state index is 12.4. The highest BCUT2D eigenvalue weighted by atomic mass is 16.6. The Morgan fingerprint density at radius 3 is 2.28 bits per heavy atom. The lowest BCUT2D eigenvalue weighted by Gasteiger charge is -2.38. The molecule has 1 aliphatic rings. The van der Waals surface area contributed by atoms with Gasteiger partial charge in [-0.3, -0.25) is 10.1 Å². The normalized spacial score (nSPS) is 15.0. The number of hydrogen-bond acceptors (Lipinski definition) is 4. The lowest BCUT2D eigenvalue weighted by molar-refractivity contribution is 0.101. The molecule has 0 aliphatic heterocycles. The number of rotatable bonds is 5. The quantitative estimate of drug-likeness (QED) is 0.457. The maximum Gasteiger partial charge on any atom is 0.417 e. The topological polar surface area (TPSA) is 75.6 Å². The standard InChI is InChI=1S/C27H27NO4/c1-19(29)24-10-3-4-11-25(24)32-26(31)28-22-14-12-20(13-15-22)27(16-5-2-6-17-27)21-8-7-9-23(30)18-21/h3-4,7-15,18,30H,2,5-6,16-17H2,1H3,(H,28,31). The molecule has 0 radical (unpaired) electrons. The van der Waals surface area contributed by atoms with Crippen LogP contribution in [0.1, 0.15) is 60.5 Å². The van der Waals surface area contributed by atoms with Crippen molar-refractivity contribution in [2.75, 3.05) is 5.32 Å². The Bertz CT molecular complexity index is 1110. The second-order valence-electron chi connectivity index (χ2n) is 8.34. The molecule has 0 unspecified atom stereocenters. The summed E-state index contributed by atoms with van der Waals surface area (Å²) in [5.74, 6) is 0.348. The van der Waals surface area contributed by atoms with Gasteiger partial charge in [0.25, 0.3) is 0 Å². The largest absolute Gasteiger partial charge is 0.508 e. The van der Waals surface area contributed by atoms with Crippen LogP contribution in [0.4, 0.5) is 10.5 Å². The summed E-state index contributed by atoms with van der Waals surface area (Å²) in [6, 6.07) is 22.0. The molecule has 0 bridgehead atoms. The first-order valence-corrected chi connectivity index (χ1v) is 11.0. The minimum Gasteiger partial charge on any atom is -0.508 e. The predicted octanol–water partition coefficient (Wildman–Crippen LogP) is 6.46. The first kappa shape index (κ1) is 21.6. The summed E-state index contributed by atoms with van der Waals surface area (Å²) in [5.41, 5.74) is 3.13. The van der Waals surface area contributed by atoms with Gasteiger partial charge in [-0.2, -0.15) is 0 Å². The minimum atomic E-state index is -0.646. The zero-order valence-electron chi connectivity index (χ0n) is 18.1. The Hall–Kier alpha value is -3.60. The Labute approximate surface area is 188 Å². The molecule has 0 atom stereocenters. The van der Waals surface area contributed by atoms with Crippen molar-refractivity contribution in [2.45, 2.75) is 44.4 Å². The average molecular weight is 430 g/mol. The van der Waals surface area contributed by atoms with E-state index >= 15 is 0 Å². The summed E-state index contributed by atoms with van der Waals surface area (Å²) in [4.78, 5) is 24.1. The first-order chi connectivity index (χ1) is 15.5. The van der Waals surface area contributed by atoms with Gasteiger partial charge in [-0.1, -0.05) is 55.7 Å². The van der Waals surface area contributed by atoms with Crippen molar-refractivity contribution in [3.63, 3.8) is 0 Å². The number of para-hydroxylation sites is 1. The fourth-order valence-corrected chi connectivity index (χ4v) is 4.67. The van der Waals surface area contributed by atoms with Gasteiger partial charge >= 0.3 is 6.09 Å². The summed E-state index contributed by atoms with van der Waals surface area (Å²) < 4.78 is 5.36. The van der Waals surface area contributed by atoms with Crippen molar-refractivity contribution >= 4 is 17.6 Å². The number of anilines is 1. The van der Waals surface area contributed by atoms with Crippen LogP contribution < -0.4 is 10.1 Å². The van der Waals surface area contributed by atoms with Crippen LogP contribution >= 0.6 is 0 Å². The van der Waals surface area contributed by atoms with Crippen molar-refractivity contribution < 1.29 is 19.4 Å². The number of ketones is 1. The summed E-state index contributed by atoms with van der Waals surface area (Å²) in [5, 5.41) is 12.8. The van der Waals surface area contributed by atoms with E-state index < -0.39 is 6.09 Å². The molecule has 1 amide bonds. The number of benzene rings is 3. The highest BCUT2D eigenvalue weighted by Crippen LogP contribution is 2.45. The number of ether oxygens (including phenoxy) is 1. The van der Waals surface area contributed by atoms with E-state index in [1.54, 1.807) is 30.3 Å². The lowest BCUT2D eigenvalue weighted by Crippen LogP contribution is -2.30. The van der Waals surface area contributed by atoms with Crippen molar-refractivity contribution in [2.24, 2.45) is 0 Å². The monoisotopic (exact) mass is 429 g/mol. The molecule has 5 heteroatoms. The number of Topliss-reactive ketones (excluding diaryl/α,β-unsaturated/α-hetero) is 1. The number of aromatic hydroxyl groups is 1. The molecule has 3 aromatic carbocycles. The highest BCUT2D eigenvalue weighted by Gasteiger charge is 2.35. The molecular formula is C27H27NO4. The van der Waals surface area contributed by atoms with E-state index in [-0.39, 0.29) is 22.7 Å². The molecule has 0 spiro atoms. The van der Waals surface area contributed by atoms with Gasteiger partial charge in [-0.15, -0.1) is 0 Å². The van der Waals surface area contributed by atoms with E-state index in [0.717, 1.165) is 31.2 Å². The number of carbonyl (C=O) groups excluding carboxylic acids is 2. The zero-order chi connectivity index (χ0) is 22.6. The van der Waals surface area contributed by atoms with Gasteiger partial charge in [0.2, 0.25) is 0 Å². The van der Waals surface area contributed by atoms with Crippen molar-refractivity contribution in [3.05, 3.63) is 89.5 Å². The van der Waals surface area contributed by atoms with E-state index in [2.05, 4.69) is 11.4 Å². The van der Waals surface area contributed by atoms with Crippen LogP contribution in [-0.2, 0) is 5.41 Å². The number of hydrogen-bond donors (Lipinski definition) is 2. The molecule has 164 valence electrons. The van der Waals surface area contributed by atoms with Crippen molar-refractivity contribution in [1.29, 1.82) is 0 Å². The number of amides is 1. The Morgan fingerprint density at radius 2 is 1.59 bits per heavy atom. The number of carbonyl (C=O) groups is 2. The third-order valence-electron chi connectivity index (χ3n) is 6.26. The van der Waals surface area contributed by atoms with Gasteiger partial charge in [0, 0.05) is 11.1 Å². The third-order valence-corrected chi connectivity index (χ3v) is 6.26. The van der Waals surface area contributed by atoms with Gasteiger partial charge in [0.1, 0.15) is 11.5 Å².